The second-order valence-corrected chi connectivity index (χ2v) is 16.0. The zero-order valence-corrected chi connectivity index (χ0v) is 32.3. The van der Waals surface area contributed by atoms with Gasteiger partial charge in [-0.25, -0.2) is 14.1 Å². The minimum atomic E-state index is -4.36. The van der Waals surface area contributed by atoms with E-state index in [-0.39, 0.29) is 24.6 Å². The number of esters is 1. The Balaban J connectivity index is 1.08. The predicted octanol–water partition coefficient (Wildman–Crippen LogP) is 7.11. The molecule has 2 aliphatic carbocycles. The van der Waals surface area contributed by atoms with E-state index in [9.17, 15) is 24.8 Å². The maximum Gasteiger partial charge on any atom is 0.459 e. The number of para-hydroxylation sites is 1. The molecule has 7 atom stereocenters. The lowest BCUT2D eigenvalue weighted by atomic mass is 9.78. The minimum Gasteiger partial charge on any atom is -0.465 e. The van der Waals surface area contributed by atoms with E-state index < -0.39 is 48.9 Å². The summed E-state index contributed by atoms with van der Waals surface area (Å²) in [6.45, 7) is 3.94. The second kappa shape index (κ2) is 19.0. The summed E-state index contributed by atoms with van der Waals surface area (Å²) < 4.78 is 32.9. The number of hydrogen-bond donors (Lipinski definition) is 4. The molecule has 3 aromatic rings. The van der Waals surface area contributed by atoms with E-state index in [4.69, 9.17) is 19.5 Å². The lowest BCUT2D eigenvalue weighted by molar-refractivity contribution is -0.145. The third-order valence-electron chi connectivity index (χ3n) is 10.4. The molecule has 5 rings (SSSR count). The van der Waals surface area contributed by atoms with Crippen LogP contribution in [0.2, 0.25) is 0 Å². The van der Waals surface area contributed by atoms with Crippen molar-refractivity contribution in [1.82, 2.24) is 19.7 Å². The SMILES string of the molecule is CCCCC/C=C\C/C=C\CCCCCCCCOC(=O)[C@H](C)NP(=O)(Oc1ccccc1)OC1[C@H]2C[C@@](C#N)(c3ccc4c(N)ncnn34)[C@H](O)[C@@]12O. The van der Waals surface area contributed by atoms with E-state index in [0.29, 0.717) is 17.6 Å². The molecule has 2 unspecified atom stereocenters. The summed E-state index contributed by atoms with van der Waals surface area (Å²) in [5, 5.41) is 40.5. The van der Waals surface area contributed by atoms with Gasteiger partial charge in [0.15, 0.2) is 5.82 Å². The topological polar surface area (TPSA) is 194 Å². The Morgan fingerprint density at radius 3 is 2.43 bits per heavy atom. The van der Waals surface area contributed by atoms with E-state index in [1.54, 1.807) is 42.5 Å². The van der Waals surface area contributed by atoms with E-state index in [2.05, 4.69) is 52.5 Å². The van der Waals surface area contributed by atoms with Crippen molar-refractivity contribution >= 4 is 25.1 Å². The van der Waals surface area contributed by atoms with Crippen LogP contribution in [0.1, 0.15) is 103 Å². The number of rotatable bonds is 23. The molecule has 5 N–H and O–H groups in total. The summed E-state index contributed by atoms with van der Waals surface area (Å²) in [5.41, 5.74) is 3.27. The number of carbonyl (C=O) groups is 1. The fraction of sp³-hybridized carbons (Fsp3) is 0.550. The monoisotopic (exact) mass is 762 g/mol. The Morgan fingerprint density at radius 1 is 1.07 bits per heavy atom. The van der Waals surface area contributed by atoms with Gasteiger partial charge in [0, 0.05) is 5.92 Å². The largest absolute Gasteiger partial charge is 0.465 e. The third kappa shape index (κ3) is 9.60. The van der Waals surface area contributed by atoms with Crippen LogP contribution in [0.3, 0.4) is 0 Å². The lowest BCUT2D eigenvalue weighted by Crippen LogP contribution is -2.47. The standard InChI is InChI=1S/C40H55N6O7P/c1-3-4-5-6-7-8-9-10-11-12-13-14-15-16-17-21-26-51-37(47)30(2)45-54(50,52-31-22-19-18-20-23-31)53-35-32-27-39(28-41,38(48)40(32,35)49)34-25-24-33-36(42)43-29-44-46(33)34/h7-8,10-11,18-20,22-25,29-30,32,35,38,48-49H,3-6,9,12-17,21,26-27H2,1-2H3,(H,45,50)(H2,42,43,44)/b8-7-,11-10-/t30-,32+,35?,38-,39+,40-,54?/m0/s1. The van der Waals surface area contributed by atoms with Gasteiger partial charge in [-0.1, -0.05) is 88.0 Å². The molecule has 2 aromatic heterocycles. The number of nitrogen functional groups attached to an aromatic ring is 1. The molecule has 2 fully saturated rings. The number of aliphatic hydroxyl groups is 2. The number of nitrogens with two attached hydrogens (primary N) is 1. The predicted molar refractivity (Wildman–Crippen MR) is 206 cm³/mol. The molecule has 2 heterocycles. The fourth-order valence-electron chi connectivity index (χ4n) is 7.30. The Morgan fingerprint density at radius 2 is 1.76 bits per heavy atom. The molecule has 0 saturated heterocycles. The van der Waals surface area contributed by atoms with Crippen LogP contribution >= 0.6 is 7.75 Å². The van der Waals surface area contributed by atoms with Crippen LogP contribution in [0, 0.1) is 17.2 Å². The van der Waals surface area contributed by atoms with Crippen molar-refractivity contribution in [2.45, 2.75) is 127 Å². The number of anilines is 1. The first-order valence-electron chi connectivity index (χ1n) is 19.3. The van der Waals surface area contributed by atoms with Gasteiger partial charge >= 0.3 is 13.7 Å². The molecule has 13 nitrogen and oxygen atoms in total. The molecule has 54 heavy (non-hydrogen) atoms. The maximum absolute atomic E-state index is 14.3. The van der Waals surface area contributed by atoms with Gasteiger partial charge in [0.1, 0.15) is 46.9 Å². The molecule has 0 radical (unpaired) electrons. The number of fused-ring (bicyclic) bond motifs is 2. The van der Waals surface area contributed by atoms with E-state index in [1.807, 2.05) is 0 Å². The number of aliphatic hydroxyl groups excluding tert-OH is 1. The van der Waals surface area contributed by atoms with Gasteiger partial charge in [0.25, 0.3) is 0 Å². The molecule has 2 aliphatic rings. The van der Waals surface area contributed by atoms with Gasteiger partial charge in [-0.15, -0.1) is 0 Å². The number of ether oxygens (including phenoxy) is 1. The lowest BCUT2D eigenvalue weighted by Gasteiger charge is -2.31. The quantitative estimate of drug-likeness (QED) is 0.0332. The van der Waals surface area contributed by atoms with Crippen LogP contribution in [-0.4, -0.2) is 61.2 Å². The van der Waals surface area contributed by atoms with E-state index in [1.165, 1.54) is 43.4 Å². The van der Waals surface area contributed by atoms with Gasteiger partial charge < -0.3 is 25.2 Å². The molecule has 0 bridgehead atoms. The van der Waals surface area contributed by atoms with Gasteiger partial charge in [-0.3, -0.25) is 9.32 Å². The number of carbonyl (C=O) groups excluding carboxylic acids is 1. The van der Waals surface area contributed by atoms with Crippen LogP contribution in [0.5, 0.6) is 5.75 Å². The van der Waals surface area contributed by atoms with Crippen molar-refractivity contribution in [3.8, 4) is 11.8 Å². The third-order valence-corrected chi connectivity index (χ3v) is 12.1. The van der Waals surface area contributed by atoms with Crippen LogP contribution in [0.25, 0.3) is 5.52 Å². The van der Waals surface area contributed by atoms with Gasteiger partial charge in [-0.2, -0.15) is 15.4 Å². The molecule has 0 aliphatic heterocycles. The number of benzene rings is 1. The second-order valence-electron chi connectivity index (χ2n) is 14.4. The van der Waals surface area contributed by atoms with Crippen molar-refractivity contribution in [2.75, 3.05) is 12.3 Å². The molecule has 2 saturated carbocycles. The maximum atomic E-state index is 14.3. The van der Waals surface area contributed by atoms with Gasteiger partial charge in [0.05, 0.1) is 18.4 Å². The average molecular weight is 763 g/mol. The Bertz CT molecular complexity index is 1830. The number of nitrogens with one attached hydrogen (secondary N) is 1. The number of nitriles is 1. The van der Waals surface area contributed by atoms with Crippen molar-refractivity contribution in [3.63, 3.8) is 0 Å². The molecular weight excluding hydrogens is 707 g/mol. The summed E-state index contributed by atoms with van der Waals surface area (Å²) >= 11 is 0. The molecule has 1 aromatic carbocycles. The Labute approximate surface area is 318 Å². The van der Waals surface area contributed by atoms with Gasteiger partial charge in [0.2, 0.25) is 0 Å². The summed E-state index contributed by atoms with van der Waals surface area (Å²) in [4.78, 5) is 16.9. The average Bonchev–Trinajstić information content (AvgIpc) is 3.40. The first-order valence-corrected chi connectivity index (χ1v) is 20.8. The highest BCUT2D eigenvalue weighted by Gasteiger charge is 2.81. The molecule has 0 amide bonds. The minimum absolute atomic E-state index is 0.0288. The number of aromatic nitrogens is 3. The smallest absolute Gasteiger partial charge is 0.459 e. The number of hydrogen-bond acceptors (Lipinski definition) is 11. The van der Waals surface area contributed by atoms with Crippen molar-refractivity contribution < 1.29 is 33.4 Å². The normalized spacial score (nSPS) is 25.1. The van der Waals surface area contributed by atoms with Crippen LogP contribution < -0.4 is 15.3 Å². The fourth-order valence-corrected chi connectivity index (χ4v) is 9.05. The Hall–Kier alpha value is -4.05. The van der Waals surface area contributed by atoms with Crippen LogP contribution in [-0.2, 0) is 24.0 Å². The molecule has 0 spiro atoms. The molecule has 292 valence electrons. The zero-order chi connectivity index (χ0) is 38.6. The van der Waals surface area contributed by atoms with Crippen molar-refractivity contribution in [3.05, 3.63) is 78.8 Å². The highest BCUT2D eigenvalue weighted by Crippen LogP contribution is 2.68. The summed E-state index contributed by atoms with van der Waals surface area (Å²) in [7, 11) is -4.36. The highest BCUT2D eigenvalue weighted by atomic mass is 31.2. The number of unbranched alkanes of at least 4 members (excludes halogenated alkanes) is 9. The van der Waals surface area contributed by atoms with Crippen molar-refractivity contribution in [1.29, 1.82) is 5.26 Å². The summed E-state index contributed by atoms with van der Waals surface area (Å²) in [5.74, 6) is -1.01. The molecular formula is C40H55N6O7P. The summed E-state index contributed by atoms with van der Waals surface area (Å²) in [6, 6.07) is 12.6. The van der Waals surface area contributed by atoms with Crippen LogP contribution in [0.15, 0.2) is 73.1 Å². The zero-order valence-electron chi connectivity index (χ0n) is 31.4. The van der Waals surface area contributed by atoms with Gasteiger partial charge in [-0.05, 0) is 76.1 Å². The highest BCUT2D eigenvalue weighted by molar-refractivity contribution is 7.52. The molecule has 14 heteroatoms. The van der Waals surface area contributed by atoms with Crippen LogP contribution in [0.4, 0.5) is 5.82 Å². The van der Waals surface area contributed by atoms with Crippen molar-refractivity contribution in [2.24, 2.45) is 5.92 Å². The Kier molecular flexibility index (Phi) is 14.5. The van der Waals surface area contributed by atoms with E-state index >= 15 is 0 Å². The number of nitrogens with zero attached hydrogens (tertiary/aromatic N) is 4. The summed E-state index contributed by atoms with van der Waals surface area (Å²) in [6.07, 6.45) is 20.7. The van der Waals surface area contributed by atoms with E-state index in [0.717, 1.165) is 44.9 Å². The number of allylic oxidation sites excluding steroid dienone is 4. The first kappa shape index (κ1) is 41.1. The first-order chi connectivity index (χ1) is 26.1.